The van der Waals surface area contributed by atoms with E-state index in [9.17, 15) is 9.18 Å². The summed E-state index contributed by atoms with van der Waals surface area (Å²) in [5.74, 6) is -1.11. The van der Waals surface area contributed by atoms with Crippen LogP contribution in [-0.2, 0) is 0 Å². The minimum absolute atomic E-state index is 0.206. The van der Waals surface area contributed by atoms with Gasteiger partial charge in [-0.3, -0.25) is 4.79 Å². The Bertz CT molecular complexity index is 384. The fraction of sp³-hybridized carbons (Fsp3) is 0.300. The molecular weight excluding hydrogens is 212 g/mol. The topological polar surface area (TPSA) is 69.6 Å². The third-order valence-electron chi connectivity index (χ3n) is 2.07. The Morgan fingerprint density at radius 2 is 2.19 bits per heavy atom. The highest BCUT2D eigenvalue weighted by Gasteiger charge is 2.18. The van der Waals surface area contributed by atoms with Gasteiger partial charge in [-0.15, -0.1) is 0 Å². The largest absolute Gasteiger partial charge is 0.491 e. The molecule has 1 rings (SSSR count). The zero-order chi connectivity index (χ0) is 12.1. The van der Waals surface area contributed by atoms with Crippen molar-refractivity contribution in [1.29, 1.82) is 0 Å². The Labute approximate surface area is 93.2 Å². The van der Waals surface area contributed by atoms with Gasteiger partial charge in [0.1, 0.15) is 5.82 Å². The predicted molar refractivity (Wildman–Crippen MR) is 58.8 cm³/mol. The summed E-state index contributed by atoms with van der Waals surface area (Å²) in [6, 6.07) is 3.47. The van der Waals surface area contributed by atoms with Crippen LogP contribution in [-0.4, -0.2) is 29.6 Å². The Morgan fingerprint density at radius 1 is 1.50 bits per heavy atom. The molecule has 0 unspecified atom stereocenters. The molecule has 1 aromatic rings. The normalized spacial score (nSPS) is 10.0. The van der Waals surface area contributed by atoms with Crippen LogP contribution < -0.4 is 10.8 Å². The molecule has 6 heteroatoms. The molecule has 3 N–H and O–H groups in total. The standard InChI is InChI=1S/C10H13BFNO3/c1-2-5-13-10(14)7-3-4-9(12)8(6-7)11(15)16/h3-4,6,15-16H,2,5H2,1H3,(H,13,14). The van der Waals surface area contributed by atoms with Crippen molar-refractivity contribution in [3.05, 3.63) is 29.6 Å². The number of hydrogen-bond donors (Lipinski definition) is 3. The molecule has 4 nitrogen and oxygen atoms in total. The van der Waals surface area contributed by atoms with E-state index in [2.05, 4.69) is 5.32 Å². The van der Waals surface area contributed by atoms with E-state index >= 15 is 0 Å². The lowest BCUT2D eigenvalue weighted by Gasteiger charge is -2.06. The van der Waals surface area contributed by atoms with Crippen LogP contribution in [0.15, 0.2) is 18.2 Å². The first kappa shape index (κ1) is 12.7. The molecule has 0 aliphatic heterocycles. The number of halogens is 1. The first-order chi connectivity index (χ1) is 7.56. The second-order valence-corrected chi connectivity index (χ2v) is 3.37. The van der Waals surface area contributed by atoms with Gasteiger partial charge in [-0.05, 0) is 24.6 Å². The number of nitrogens with one attached hydrogen (secondary N) is 1. The van der Waals surface area contributed by atoms with Gasteiger partial charge in [-0.2, -0.15) is 0 Å². The van der Waals surface area contributed by atoms with Gasteiger partial charge in [0.05, 0.1) is 0 Å². The molecule has 0 fully saturated rings. The average molecular weight is 225 g/mol. The fourth-order valence-corrected chi connectivity index (χ4v) is 1.22. The average Bonchev–Trinajstić information content (AvgIpc) is 2.26. The van der Waals surface area contributed by atoms with Crippen molar-refractivity contribution >= 4 is 18.5 Å². The van der Waals surface area contributed by atoms with Crippen LogP contribution in [0.4, 0.5) is 4.39 Å². The van der Waals surface area contributed by atoms with Crippen molar-refractivity contribution in [2.75, 3.05) is 6.54 Å². The molecule has 0 heterocycles. The van der Waals surface area contributed by atoms with Gasteiger partial charge in [0.15, 0.2) is 0 Å². The summed E-state index contributed by atoms with van der Waals surface area (Å²) in [4.78, 5) is 11.5. The van der Waals surface area contributed by atoms with Crippen LogP contribution in [0.1, 0.15) is 23.7 Å². The van der Waals surface area contributed by atoms with E-state index in [1.54, 1.807) is 0 Å². The molecule has 0 atom stereocenters. The summed E-state index contributed by atoms with van der Waals surface area (Å²) >= 11 is 0. The highest BCUT2D eigenvalue weighted by atomic mass is 19.1. The molecule has 1 aromatic carbocycles. The van der Waals surface area contributed by atoms with Gasteiger partial charge in [0.25, 0.3) is 5.91 Å². The van der Waals surface area contributed by atoms with Crippen LogP contribution >= 0.6 is 0 Å². The van der Waals surface area contributed by atoms with E-state index in [1.165, 1.54) is 6.07 Å². The first-order valence-corrected chi connectivity index (χ1v) is 5.00. The maximum absolute atomic E-state index is 13.1. The molecule has 0 aromatic heterocycles. The lowest BCUT2D eigenvalue weighted by Crippen LogP contribution is -2.34. The van der Waals surface area contributed by atoms with Crippen LogP contribution in [0.5, 0.6) is 0 Å². The number of rotatable bonds is 4. The SMILES string of the molecule is CCCNC(=O)c1ccc(F)c(B(O)O)c1. The molecule has 1 amide bonds. The van der Waals surface area contributed by atoms with Crippen LogP contribution in [0.25, 0.3) is 0 Å². The molecule has 16 heavy (non-hydrogen) atoms. The minimum Gasteiger partial charge on any atom is -0.423 e. The highest BCUT2D eigenvalue weighted by molar-refractivity contribution is 6.58. The van der Waals surface area contributed by atoms with Gasteiger partial charge in [-0.25, -0.2) is 4.39 Å². The minimum atomic E-state index is -1.92. The number of benzene rings is 1. The number of carbonyl (C=O) groups excluding carboxylic acids is 1. The van der Waals surface area contributed by atoms with Crippen LogP contribution in [0.2, 0.25) is 0 Å². The second kappa shape index (κ2) is 5.62. The van der Waals surface area contributed by atoms with E-state index in [1.807, 2.05) is 6.92 Å². The van der Waals surface area contributed by atoms with Crippen molar-refractivity contribution in [3.8, 4) is 0 Å². The van der Waals surface area contributed by atoms with E-state index < -0.39 is 12.9 Å². The number of amides is 1. The molecule has 0 saturated carbocycles. The smallest absolute Gasteiger partial charge is 0.423 e. The van der Waals surface area contributed by atoms with Crippen molar-refractivity contribution < 1.29 is 19.2 Å². The van der Waals surface area contributed by atoms with Gasteiger partial charge < -0.3 is 15.4 Å². The van der Waals surface area contributed by atoms with Crippen LogP contribution in [0.3, 0.4) is 0 Å². The molecular formula is C10H13BFNO3. The number of hydrogen-bond acceptors (Lipinski definition) is 3. The summed E-state index contributed by atoms with van der Waals surface area (Å²) in [5, 5.41) is 20.4. The zero-order valence-corrected chi connectivity index (χ0v) is 8.90. The van der Waals surface area contributed by atoms with Crippen LogP contribution in [0, 0.1) is 5.82 Å². The lowest BCUT2D eigenvalue weighted by atomic mass is 9.79. The van der Waals surface area contributed by atoms with E-state index in [0.29, 0.717) is 6.54 Å². The predicted octanol–water partition coefficient (Wildman–Crippen LogP) is -0.355. The summed E-state index contributed by atoms with van der Waals surface area (Å²) < 4.78 is 13.1. The van der Waals surface area contributed by atoms with E-state index in [-0.39, 0.29) is 16.9 Å². The summed E-state index contributed by atoms with van der Waals surface area (Å²) in [7, 11) is -1.92. The van der Waals surface area contributed by atoms with Gasteiger partial charge in [0.2, 0.25) is 0 Å². The molecule has 86 valence electrons. The molecule has 0 aliphatic rings. The van der Waals surface area contributed by atoms with Gasteiger partial charge >= 0.3 is 7.12 Å². The maximum atomic E-state index is 13.1. The van der Waals surface area contributed by atoms with E-state index in [0.717, 1.165) is 18.6 Å². The van der Waals surface area contributed by atoms with Crippen molar-refractivity contribution in [2.45, 2.75) is 13.3 Å². The summed E-state index contributed by atoms with van der Waals surface area (Å²) in [6.07, 6.45) is 0.794. The highest BCUT2D eigenvalue weighted by Crippen LogP contribution is 2.01. The van der Waals surface area contributed by atoms with Gasteiger partial charge in [0, 0.05) is 17.6 Å². The molecule has 0 aliphatic carbocycles. The zero-order valence-electron chi connectivity index (χ0n) is 8.90. The molecule has 0 bridgehead atoms. The maximum Gasteiger partial charge on any atom is 0.491 e. The Balaban J connectivity index is 2.90. The third-order valence-corrected chi connectivity index (χ3v) is 2.07. The third kappa shape index (κ3) is 3.05. The Hall–Kier alpha value is -1.40. The first-order valence-electron chi connectivity index (χ1n) is 5.00. The Kier molecular flexibility index (Phi) is 4.45. The quantitative estimate of drug-likeness (QED) is 0.613. The van der Waals surface area contributed by atoms with Crippen molar-refractivity contribution in [3.63, 3.8) is 0 Å². The molecule has 0 saturated heterocycles. The fourth-order valence-electron chi connectivity index (χ4n) is 1.22. The van der Waals surface area contributed by atoms with Crippen molar-refractivity contribution in [1.82, 2.24) is 5.32 Å². The molecule has 0 spiro atoms. The van der Waals surface area contributed by atoms with Gasteiger partial charge in [-0.1, -0.05) is 6.92 Å². The Morgan fingerprint density at radius 3 is 2.75 bits per heavy atom. The molecule has 0 radical (unpaired) electrons. The van der Waals surface area contributed by atoms with E-state index in [4.69, 9.17) is 10.0 Å². The summed E-state index contributed by atoms with van der Waals surface area (Å²) in [6.45, 7) is 2.43. The second-order valence-electron chi connectivity index (χ2n) is 3.37. The number of carbonyl (C=O) groups is 1. The van der Waals surface area contributed by atoms with Crippen molar-refractivity contribution in [2.24, 2.45) is 0 Å². The monoisotopic (exact) mass is 225 g/mol. The lowest BCUT2D eigenvalue weighted by molar-refractivity contribution is 0.0953. The summed E-state index contributed by atoms with van der Waals surface area (Å²) in [5.41, 5.74) is -0.0953.